The lowest BCUT2D eigenvalue weighted by Gasteiger charge is -2.42. The number of rotatable bonds is 9. The minimum atomic E-state index is -1.79. The molecule has 17 heteroatoms. The number of aliphatic hydroxyl groups is 7. The van der Waals surface area contributed by atoms with Crippen molar-refractivity contribution in [2.24, 2.45) is 0 Å². The van der Waals surface area contributed by atoms with Gasteiger partial charge in [0, 0.05) is 6.07 Å². The van der Waals surface area contributed by atoms with E-state index in [0.717, 1.165) is 12.3 Å². The van der Waals surface area contributed by atoms with Gasteiger partial charge in [-0.2, -0.15) is 0 Å². The Morgan fingerprint density at radius 1 is 0.783 bits per heavy atom. The molecule has 0 bridgehead atoms. The molecular formula is C29H34O17. The molecule has 10 unspecified atom stereocenters. The van der Waals surface area contributed by atoms with Crippen LogP contribution in [0.1, 0.15) is 0 Å². The van der Waals surface area contributed by atoms with Gasteiger partial charge in [0.1, 0.15) is 66.1 Å². The molecule has 3 heterocycles. The van der Waals surface area contributed by atoms with Crippen LogP contribution in [0.3, 0.4) is 0 Å². The Labute approximate surface area is 259 Å². The molecule has 0 aliphatic carbocycles. The molecule has 2 aliphatic rings. The Kier molecular flexibility index (Phi) is 9.89. The predicted molar refractivity (Wildman–Crippen MR) is 151 cm³/mol. The van der Waals surface area contributed by atoms with Gasteiger partial charge in [0.05, 0.1) is 33.0 Å². The smallest absolute Gasteiger partial charge is 0.229 e. The lowest BCUT2D eigenvalue weighted by Crippen LogP contribution is -2.62. The van der Waals surface area contributed by atoms with E-state index in [1.54, 1.807) is 0 Å². The zero-order chi connectivity index (χ0) is 33.4. The minimum Gasteiger partial charge on any atom is -0.504 e. The number of ether oxygens (including phenoxy) is 6. The van der Waals surface area contributed by atoms with Crippen molar-refractivity contribution >= 4 is 11.0 Å². The van der Waals surface area contributed by atoms with Crippen molar-refractivity contribution in [1.82, 2.24) is 0 Å². The monoisotopic (exact) mass is 654 g/mol. The van der Waals surface area contributed by atoms with Crippen LogP contribution in [0, 0.1) is 0 Å². The van der Waals surface area contributed by atoms with E-state index in [4.69, 9.17) is 32.8 Å². The van der Waals surface area contributed by atoms with E-state index in [9.17, 15) is 50.8 Å². The van der Waals surface area contributed by atoms with Gasteiger partial charge in [-0.15, -0.1) is 0 Å². The number of phenolic OH excluding ortho intramolecular Hbond substituents is 2. The SMILES string of the molecule is COc1cc(-c2coc3cc(O)c(OC)c(O)c3c2=O)ccc1OC1OC(COC2OC(CO)C(O)C(O)C2O)C(O)C(O)C1O. The quantitative estimate of drug-likeness (QED) is 0.119. The normalized spacial score (nSPS) is 31.5. The number of aliphatic hydroxyl groups excluding tert-OH is 7. The van der Waals surface area contributed by atoms with Crippen LogP contribution in [0.15, 0.2) is 39.7 Å². The molecule has 2 saturated heterocycles. The maximum Gasteiger partial charge on any atom is 0.229 e. The highest BCUT2D eigenvalue weighted by Crippen LogP contribution is 2.42. The van der Waals surface area contributed by atoms with Gasteiger partial charge in [-0.3, -0.25) is 4.79 Å². The van der Waals surface area contributed by atoms with Crippen LogP contribution in [-0.4, -0.2) is 135 Å². The van der Waals surface area contributed by atoms with Crippen LogP contribution in [0.2, 0.25) is 0 Å². The van der Waals surface area contributed by atoms with E-state index in [2.05, 4.69) is 0 Å². The maximum atomic E-state index is 13.3. The summed E-state index contributed by atoms with van der Waals surface area (Å²) in [5.74, 6) is -1.34. The molecule has 1 aromatic heterocycles. The van der Waals surface area contributed by atoms with Crippen molar-refractivity contribution in [1.29, 1.82) is 0 Å². The molecule has 252 valence electrons. The molecule has 9 N–H and O–H groups in total. The van der Waals surface area contributed by atoms with Crippen LogP contribution < -0.4 is 19.6 Å². The first-order chi connectivity index (χ1) is 21.9. The fourth-order valence-electron chi connectivity index (χ4n) is 5.24. The Hall–Kier alpha value is -3.75. The van der Waals surface area contributed by atoms with Crippen molar-refractivity contribution in [3.8, 4) is 39.9 Å². The van der Waals surface area contributed by atoms with Crippen LogP contribution in [0.5, 0.6) is 28.7 Å². The van der Waals surface area contributed by atoms with Crippen molar-refractivity contribution in [2.75, 3.05) is 27.4 Å². The molecule has 10 atom stereocenters. The maximum absolute atomic E-state index is 13.3. The van der Waals surface area contributed by atoms with Gasteiger partial charge >= 0.3 is 0 Å². The zero-order valence-corrected chi connectivity index (χ0v) is 24.4. The first-order valence-electron chi connectivity index (χ1n) is 13.9. The summed E-state index contributed by atoms with van der Waals surface area (Å²) >= 11 is 0. The average Bonchev–Trinajstić information content (AvgIpc) is 3.04. The Morgan fingerprint density at radius 3 is 2.09 bits per heavy atom. The lowest BCUT2D eigenvalue weighted by molar-refractivity contribution is -0.323. The second kappa shape index (κ2) is 13.5. The number of fused-ring (bicyclic) bond motifs is 1. The summed E-state index contributed by atoms with van der Waals surface area (Å²) in [7, 11) is 2.50. The van der Waals surface area contributed by atoms with E-state index < -0.39 is 91.6 Å². The second-order valence-corrected chi connectivity index (χ2v) is 10.7. The van der Waals surface area contributed by atoms with Crippen LogP contribution in [-0.2, 0) is 14.2 Å². The number of phenols is 2. The summed E-state index contributed by atoms with van der Waals surface area (Å²) in [6, 6.07) is 5.31. The van der Waals surface area contributed by atoms with Gasteiger partial charge in [0.25, 0.3) is 0 Å². The molecule has 46 heavy (non-hydrogen) atoms. The topological polar surface area (TPSA) is 268 Å². The summed E-state index contributed by atoms with van der Waals surface area (Å²) in [4.78, 5) is 13.3. The van der Waals surface area contributed by atoms with Crippen molar-refractivity contribution in [3.05, 3.63) is 40.8 Å². The first-order valence-corrected chi connectivity index (χ1v) is 13.9. The van der Waals surface area contributed by atoms with Gasteiger partial charge < -0.3 is 78.8 Å². The van der Waals surface area contributed by atoms with Crippen LogP contribution in [0.25, 0.3) is 22.1 Å². The van der Waals surface area contributed by atoms with E-state index in [1.165, 1.54) is 32.4 Å². The number of aromatic hydroxyl groups is 2. The highest BCUT2D eigenvalue weighted by Gasteiger charge is 2.48. The Balaban J connectivity index is 1.35. The molecule has 17 nitrogen and oxygen atoms in total. The third-order valence-corrected chi connectivity index (χ3v) is 7.84. The van der Waals surface area contributed by atoms with Crippen molar-refractivity contribution in [2.45, 2.75) is 61.4 Å². The van der Waals surface area contributed by atoms with E-state index >= 15 is 0 Å². The van der Waals surface area contributed by atoms with Gasteiger partial charge in [0.15, 0.2) is 29.3 Å². The predicted octanol–water partition coefficient (Wildman–Crippen LogP) is -2.11. The summed E-state index contributed by atoms with van der Waals surface area (Å²) < 4.78 is 38.0. The van der Waals surface area contributed by atoms with Crippen LogP contribution in [0.4, 0.5) is 0 Å². The minimum absolute atomic E-state index is 0.00158. The summed E-state index contributed by atoms with van der Waals surface area (Å²) in [6.07, 6.45) is -15.0. The highest BCUT2D eigenvalue weighted by molar-refractivity contribution is 5.91. The van der Waals surface area contributed by atoms with Gasteiger partial charge in [-0.1, -0.05) is 6.07 Å². The number of hydrogen-bond acceptors (Lipinski definition) is 17. The molecule has 0 amide bonds. The molecular weight excluding hydrogens is 620 g/mol. The summed E-state index contributed by atoms with van der Waals surface area (Å²) in [6.45, 7) is -1.25. The second-order valence-electron chi connectivity index (χ2n) is 10.7. The number of hydrogen-bond donors (Lipinski definition) is 9. The third kappa shape index (κ3) is 6.05. The highest BCUT2D eigenvalue weighted by atomic mass is 16.7. The first kappa shape index (κ1) is 33.6. The van der Waals surface area contributed by atoms with Gasteiger partial charge in [0.2, 0.25) is 17.5 Å². The average molecular weight is 655 g/mol. The lowest BCUT2D eigenvalue weighted by atomic mass is 9.98. The van der Waals surface area contributed by atoms with E-state index in [-0.39, 0.29) is 39.3 Å². The number of methoxy groups -OCH3 is 2. The molecule has 0 saturated carbocycles. The van der Waals surface area contributed by atoms with Gasteiger partial charge in [-0.05, 0) is 17.7 Å². The van der Waals surface area contributed by atoms with E-state index in [0.29, 0.717) is 0 Å². The van der Waals surface area contributed by atoms with Crippen molar-refractivity contribution in [3.63, 3.8) is 0 Å². The zero-order valence-electron chi connectivity index (χ0n) is 24.4. The number of benzene rings is 2. The Bertz CT molecular complexity index is 1590. The molecule has 2 aromatic carbocycles. The molecule has 2 aliphatic heterocycles. The van der Waals surface area contributed by atoms with E-state index in [1.807, 2.05) is 0 Å². The standard InChI is InChI=1S/C29H34O17/c1-40-14-5-10(11-8-42-15-6-12(31)27(41-2)22(35)18(15)19(11)32)3-4-13(14)44-29-26(39)24(37)21(34)17(46-29)9-43-28-25(38)23(36)20(33)16(7-30)45-28/h3-6,8,16-17,20-21,23-26,28-31,33-39H,7,9H2,1-2H3. The third-order valence-electron chi connectivity index (χ3n) is 7.84. The molecule has 5 rings (SSSR count). The summed E-state index contributed by atoms with van der Waals surface area (Å²) in [5.41, 5.74) is -0.486. The largest absolute Gasteiger partial charge is 0.504 e. The van der Waals surface area contributed by atoms with Crippen molar-refractivity contribution < 1.29 is 78.8 Å². The van der Waals surface area contributed by atoms with Gasteiger partial charge in [-0.25, -0.2) is 0 Å². The fraction of sp³-hybridized carbons (Fsp3) is 0.483. The molecule has 2 fully saturated rings. The summed E-state index contributed by atoms with van der Waals surface area (Å²) in [5, 5.41) is 91.4. The fourth-order valence-corrected chi connectivity index (χ4v) is 5.24. The molecule has 3 aromatic rings. The Morgan fingerprint density at radius 2 is 1.43 bits per heavy atom. The van der Waals surface area contributed by atoms with Crippen LogP contribution >= 0.6 is 0 Å². The molecule has 0 spiro atoms. The molecule has 0 radical (unpaired) electrons.